The van der Waals surface area contributed by atoms with Crippen molar-refractivity contribution in [3.05, 3.63) is 24.0 Å². The standard InChI is InChI=1S/C18H26N4O2/c1-15(23)20-8-10-21(11-9-20)17-12-16(13-19-14-17)18(24)22-6-4-2-3-5-7-22/h12-14H,2-11H2,1H3. The van der Waals surface area contributed by atoms with Gasteiger partial charge in [0.05, 0.1) is 17.4 Å². The summed E-state index contributed by atoms with van der Waals surface area (Å²) in [4.78, 5) is 34.5. The highest BCUT2D eigenvalue weighted by Gasteiger charge is 2.21. The van der Waals surface area contributed by atoms with Crippen LogP contribution in [0.15, 0.2) is 18.5 Å². The van der Waals surface area contributed by atoms with Crippen LogP contribution in [-0.2, 0) is 4.79 Å². The first kappa shape index (κ1) is 16.7. The number of amides is 2. The number of aromatic nitrogens is 1. The first-order chi connectivity index (χ1) is 11.6. The number of piperazine rings is 1. The summed E-state index contributed by atoms with van der Waals surface area (Å²) in [5.74, 6) is 0.214. The minimum Gasteiger partial charge on any atom is -0.367 e. The van der Waals surface area contributed by atoms with Gasteiger partial charge in [-0.05, 0) is 18.9 Å². The number of nitrogens with zero attached hydrogens (tertiary/aromatic N) is 4. The number of likely N-dealkylation sites (tertiary alicyclic amines) is 1. The summed E-state index contributed by atoms with van der Waals surface area (Å²) in [5.41, 5.74) is 1.64. The average Bonchev–Trinajstić information content (AvgIpc) is 2.90. The van der Waals surface area contributed by atoms with Crippen LogP contribution in [0, 0.1) is 0 Å². The predicted octanol–water partition coefficient (Wildman–Crippen LogP) is 1.77. The lowest BCUT2D eigenvalue weighted by molar-refractivity contribution is -0.129. The molecule has 130 valence electrons. The molecule has 0 radical (unpaired) electrons. The van der Waals surface area contributed by atoms with Crippen molar-refractivity contribution >= 4 is 17.5 Å². The monoisotopic (exact) mass is 330 g/mol. The lowest BCUT2D eigenvalue weighted by Gasteiger charge is -2.35. The van der Waals surface area contributed by atoms with Crippen molar-refractivity contribution in [2.45, 2.75) is 32.6 Å². The molecule has 3 rings (SSSR count). The Bertz CT molecular complexity index is 588. The number of carbonyl (C=O) groups is 2. The Kier molecular flexibility index (Phi) is 5.33. The number of rotatable bonds is 2. The van der Waals surface area contributed by atoms with Crippen LogP contribution in [0.3, 0.4) is 0 Å². The summed E-state index contributed by atoms with van der Waals surface area (Å²) >= 11 is 0. The normalized spacial score (nSPS) is 19.1. The van der Waals surface area contributed by atoms with Gasteiger partial charge in [0.2, 0.25) is 5.91 Å². The maximum atomic E-state index is 12.7. The molecule has 2 aliphatic rings. The van der Waals surface area contributed by atoms with E-state index in [4.69, 9.17) is 0 Å². The van der Waals surface area contributed by atoms with E-state index in [-0.39, 0.29) is 11.8 Å². The van der Waals surface area contributed by atoms with E-state index < -0.39 is 0 Å². The molecule has 0 bridgehead atoms. The third kappa shape index (κ3) is 3.86. The average molecular weight is 330 g/mol. The molecule has 1 aromatic rings. The molecule has 2 fully saturated rings. The molecule has 0 unspecified atom stereocenters. The van der Waals surface area contributed by atoms with Crippen molar-refractivity contribution in [3.8, 4) is 0 Å². The van der Waals surface area contributed by atoms with Crippen molar-refractivity contribution in [1.29, 1.82) is 0 Å². The lowest BCUT2D eigenvalue weighted by Crippen LogP contribution is -2.48. The van der Waals surface area contributed by atoms with Crippen molar-refractivity contribution in [2.24, 2.45) is 0 Å². The fourth-order valence-corrected chi connectivity index (χ4v) is 3.45. The van der Waals surface area contributed by atoms with Gasteiger partial charge in [-0.3, -0.25) is 14.6 Å². The van der Waals surface area contributed by atoms with Gasteiger partial charge >= 0.3 is 0 Å². The van der Waals surface area contributed by atoms with Crippen molar-refractivity contribution < 1.29 is 9.59 Å². The fraction of sp³-hybridized carbons (Fsp3) is 0.611. The highest BCUT2D eigenvalue weighted by atomic mass is 16.2. The molecule has 0 saturated carbocycles. The molecule has 0 aromatic carbocycles. The Balaban J connectivity index is 1.68. The summed E-state index contributed by atoms with van der Waals surface area (Å²) in [6.45, 7) is 6.31. The maximum Gasteiger partial charge on any atom is 0.255 e. The molecule has 2 aliphatic heterocycles. The van der Waals surface area contributed by atoms with E-state index in [2.05, 4.69) is 9.88 Å². The molecular formula is C18H26N4O2. The molecule has 6 nitrogen and oxygen atoms in total. The van der Waals surface area contributed by atoms with Crippen LogP contribution >= 0.6 is 0 Å². The smallest absolute Gasteiger partial charge is 0.255 e. The molecule has 24 heavy (non-hydrogen) atoms. The highest BCUT2D eigenvalue weighted by Crippen LogP contribution is 2.19. The third-order valence-corrected chi connectivity index (χ3v) is 4.95. The van der Waals surface area contributed by atoms with Gasteiger partial charge in [-0.15, -0.1) is 0 Å². The van der Waals surface area contributed by atoms with Crippen LogP contribution in [0.4, 0.5) is 5.69 Å². The van der Waals surface area contributed by atoms with E-state index in [1.54, 1.807) is 13.1 Å². The van der Waals surface area contributed by atoms with Gasteiger partial charge in [-0.25, -0.2) is 0 Å². The molecule has 0 atom stereocenters. The minimum atomic E-state index is 0.0913. The van der Waals surface area contributed by atoms with Gasteiger partial charge in [0.15, 0.2) is 0 Å². The second-order valence-corrected chi connectivity index (χ2v) is 6.63. The van der Waals surface area contributed by atoms with Gasteiger partial charge in [-0.1, -0.05) is 12.8 Å². The second kappa shape index (κ2) is 7.64. The summed E-state index contributed by atoms with van der Waals surface area (Å²) in [5, 5.41) is 0. The first-order valence-electron chi connectivity index (χ1n) is 8.90. The van der Waals surface area contributed by atoms with Crippen molar-refractivity contribution in [3.63, 3.8) is 0 Å². The Morgan fingerprint density at radius 2 is 1.54 bits per heavy atom. The number of carbonyl (C=O) groups excluding carboxylic acids is 2. The zero-order valence-electron chi connectivity index (χ0n) is 14.4. The van der Waals surface area contributed by atoms with Crippen LogP contribution in [0.5, 0.6) is 0 Å². The van der Waals surface area contributed by atoms with Gasteiger partial charge in [0.25, 0.3) is 5.91 Å². The molecule has 0 N–H and O–H groups in total. The van der Waals surface area contributed by atoms with E-state index in [0.29, 0.717) is 5.56 Å². The quantitative estimate of drug-likeness (QED) is 0.829. The Morgan fingerprint density at radius 3 is 2.17 bits per heavy atom. The Morgan fingerprint density at radius 1 is 0.875 bits per heavy atom. The number of anilines is 1. The molecule has 1 aromatic heterocycles. The lowest BCUT2D eigenvalue weighted by atomic mass is 10.2. The van der Waals surface area contributed by atoms with Gasteiger partial charge < -0.3 is 14.7 Å². The topological polar surface area (TPSA) is 56.8 Å². The van der Waals surface area contributed by atoms with Crippen molar-refractivity contribution in [1.82, 2.24) is 14.8 Å². The second-order valence-electron chi connectivity index (χ2n) is 6.63. The number of pyridine rings is 1. The van der Waals surface area contributed by atoms with E-state index in [9.17, 15) is 9.59 Å². The Hall–Kier alpha value is -2.11. The van der Waals surface area contributed by atoms with Gasteiger partial charge in [0, 0.05) is 52.4 Å². The van der Waals surface area contributed by atoms with Crippen LogP contribution in [0.2, 0.25) is 0 Å². The summed E-state index contributed by atoms with van der Waals surface area (Å²) in [6, 6.07) is 1.95. The zero-order valence-corrected chi connectivity index (χ0v) is 14.4. The molecular weight excluding hydrogens is 304 g/mol. The van der Waals surface area contributed by atoms with E-state index in [1.165, 1.54) is 12.8 Å². The molecule has 2 amide bonds. The molecule has 0 spiro atoms. The first-order valence-corrected chi connectivity index (χ1v) is 8.90. The van der Waals surface area contributed by atoms with Crippen LogP contribution < -0.4 is 4.90 Å². The molecule has 3 heterocycles. The van der Waals surface area contributed by atoms with Crippen LogP contribution in [0.25, 0.3) is 0 Å². The van der Waals surface area contributed by atoms with E-state index >= 15 is 0 Å². The van der Waals surface area contributed by atoms with Gasteiger partial charge in [0.1, 0.15) is 0 Å². The largest absolute Gasteiger partial charge is 0.367 e. The zero-order chi connectivity index (χ0) is 16.9. The van der Waals surface area contributed by atoms with Crippen LogP contribution in [0.1, 0.15) is 43.0 Å². The molecule has 0 aliphatic carbocycles. The van der Waals surface area contributed by atoms with E-state index in [1.807, 2.05) is 22.1 Å². The summed E-state index contributed by atoms with van der Waals surface area (Å²) in [6.07, 6.45) is 8.08. The number of hydrogen-bond acceptors (Lipinski definition) is 4. The van der Waals surface area contributed by atoms with Gasteiger partial charge in [-0.2, -0.15) is 0 Å². The SMILES string of the molecule is CC(=O)N1CCN(c2cncc(C(=O)N3CCCCCC3)c2)CC1. The minimum absolute atomic E-state index is 0.0913. The maximum absolute atomic E-state index is 12.7. The Labute approximate surface area is 143 Å². The summed E-state index contributed by atoms with van der Waals surface area (Å²) in [7, 11) is 0. The molecule has 2 saturated heterocycles. The fourth-order valence-electron chi connectivity index (χ4n) is 3.45. The predicted molar refractivity (Wildman–Crippen MR) is 93.1 cm³/mol. The summed E-state index contributed by atoms with van der Waals surface area (Å²) < 4.78 is 0. The highest BCUT2D eigenvalue weighted by molar-refractivity contribution is 5.94. The van der Waals surface area contributed by atoms with Crippen molar-refractivity contribution in [2.75, 3.05) is 44.2 Å². The molecule has 6 heteroatoms. The third-order valence-electron chi connectivity index (χ3n) is 4.95. The van der Waals surface area contributed by atoms with E-state index in [0.717, 1.165) is 57.8 Å². The van der Waals surface area contributed by atoms with Crippen LogP contribution in [-0.4, -0.2) is 65.9 Å². The number of hydrogen-bond donors (Lipinski definition) is 0.